The Labute approximate surface area is 220 Å². The van der Waals surface area contributed by atoms with Crippen molar-refractivity contribution in [1.82, 2.24) is 0 Å². The van der Waals surface area contributed by atoms with Crippen molar-refractivity contribution in [1.29, 1.82) is 0 Å². The van der Waals surface area contributed by atoms with Crippen LogP contribution in [0.25, 0.3) is 0 Å². The van der Waals surface area contributed by atoms with Crippen LogP contribution in [0.15, 0.2) is 30.3 Å². The molecular formula is C33H60O2. The molecule has 1 unspecified atom stereocenters. The zero-order valence-electron chi connectivity index (χ0n) is 24.1. The van der Waals surface area contributed by atoms with Gasteiger partial charge in [0.2, 0.25) is 0 Å². The lowest BCUT2D eigenvalue weighted by molar-refractivity contribution is -0.0430. The predicted molar refractivity (Wildman–Crippen MR) is 154 cm³/mol. The van der Waals surface area contributed by atoms with E-state index in [9.17, 15) is 0 Å². The van der Waals surface area contributed by atoms with E-state index in [-0.39, 0.29) is 11.5 Å². The zero-order valence-corrected chi connectivity index (χ0v) is 24.1. The van der Waals surface area contributed by atoms with Gasteiger partial charge in [0.05, 0.1) is 19.3 Å². The van der Waals surface area contributed by atoms with Gasteiger partial charge in [-0.1, -0.05) is 161 Å². The van der Waals surface area contributed by atoms with Crippen LogP contribution >= 0.6 is 0 Å². The summed E-state index contributed by atoms with van der Waals surface area (Å²) < 4.78 is 12.2. The molecule has 0 aromatic heterocycles. The first-order chi connectivity index (χ1) is 17.0. The van der Waals surface area contributed by atoms with E-state index in [1.165, 1.54) is 115 Å². The van der Waals surface area contributed by atoms with Crippen LogP contribution in [0.3, 0.4) is 0 Å². The molecule has 0 spiro atoms. The third kappa shape index (κ3) is 22.1. The van der Waals surface area contributed by atoms with Gasteiger partial charge in [0.1, 0.15) is 0 Å². The SMILES string of the molecule is CCCCCCCCCCCCCCCCCCCOCC(CC(C)(C)C)OCc1ccccc1. The van der Waals surface area contributed by atoms with Gasteiger partial charge < -0.3 is 9.47 Å². The number of unbranched alkanes of at least 4 members (excludes halogenated alkanes) is 16. The molecule has 2 heteroatoms. The summed E-state index contributed by atoms with van der Waals surface area (Å²) in [4.78, 5) is 0. The van der Waals surface area contributed by atoms with E-state index in [4.69, 9.17) is 9.47 Å². The van der Waals surface area contributed by atoms with E-state index in [0.717, 1.165) is 13.0 Å². The molecule has 0 amide bonds. The number of hydrogen-bond acceptors (Lipinski definition) is 2. The highest BCUT2D eigenvalue weighted by Gasteiger charge is 2.19. The summed E-state index contributed by atoms with van der Waals surface area (Å²) in [7, 11) is 0. The Morgan fingerprint density at radius 1 is 0.629 bits per heavy atom. The van der Waals surface area contributed by atoms with Crippen molar-refractivity contribution in [3.05, 3.63) is 35.9 Å². The fourth-order valence-corrected chi connectivity index (χ4v) is 4.78. The van der Waals surface area contributed by atoms with Crippen molar-refractivity contribution >= 4 is 0 Å². The number of benzene rings is 1. The number of rotatable bonds is 24. The lowest BCUT2D eigenvalue weighted by Crippen LogP contribution is -2.26. The van der Waals surface area contributed by atoms with Crippen LogP contribution in [0.2, 0.25) is 0 Å². The molecule has 0 heterocycles. The topological polar surface area (TPSA) is 18.5 Å². The average Bonchev–Trinajstić information content (AvgIpc) is 2.83. The first-order valence-corrected chi connectivity index (χ1v) is 15.2. The normalized spacial score (nSPS) is 12.8. The molecule has 2 nitrogen and oxygen atoms in total. The van der Waals surface area contributed by atoms with E-state index >= 15 is 0 Å². The lowest BCUT2D eigenvalue weighted by atomic mass is 9.89. The van der Waals surface area contributed by atoms with Crippen LogP contribution in [0.1, 0.15) is 149 Å². The van der Waals surface area contributed by atoms with Gasteiger partial charge in [-0.15, -0.1) is 0 Å². The van der Waals surface area contributed by atoms with Gasteiger partial charge in [-0.05, 0) is 23.8 Å². The molecule has 0 saturated heterocycles. The predicted octanol–water partition coefficient (Wildman–Crippen LogP) is 10.7. The van der Waals surface area contributed by atoms with Gasteiger partial charge in [0, 0.05) is 6.61 Å². The van der Waals surface area contributed by atoms with Gasteiger partial charge >= 0.3 is 0 Å². The molecule has 0 aliphatic heterocycles. The minimum Gasteiger partial charge on any atom is -0.379 e. The van der Waals surface area contributed by atoms with Gasteiger partial charge in [-0.3, -0.25) is 0 Å². The molecule has 0 aliphatic carbocycles. The largest absolute Gasteiger partial charge is 0.379 e. The Morgan fingerprint density at radius 3 is 1.54 bits per heavy atom. The second-order valence-electron chi connectivity index (χ2n) is 11.9. The summed E-state index contributed by atoms with van der Waals surface area (Å²) in [6, 6.07) is 10.5. The standard InChI is InChI=1S/C33H60O2/c1-5-6-7-8-9-10-11-12-13-14-15-16-17-18-19-20-24-27-34-30-32(28-33(2,3)4)35-29-31-25-22-21-23-26-31/h21-23,25-26,32H,5-20,24,27-30H2,1-4H3. The maximum absolute atomic E-state index is 6.22. The molecule has 0 N–H and O–H groups in total. The maximum atomic E-state index is 6.22. The number of hydrogen-bond donors (Lipinski definition) is 0. The van der Waals surface area contributed by atoms with Crippen molar-refractivity contribution in [3.63, 3.8) is 0 Å². The summed E-state index contributed by atoms with van der Waals surface area (Å²) in [5, 5.41) is 0. The van der Waals surface area contributed by atoms with E-state index in [2.05, 4.69) is 58.0 Å². The Bertz CT molecular complexity index is 548. The quantitative estimate of drug-likeness (QED) is 0.135. The highest BCUT2D eigenvalue weighted by Crippen LogP contribution is 2.23. The maximum Gasteiger partial charge on any atom is 0.0818 e. The van der Waals surface area contributed by atoms with Crippen molar-refractivity contribution in [2.75, 3.05) is 13.2 Å². The van der Waals surface area contributed by atoms with E-state index in [1.54, 1.807) is 0 Å². The van der Waals surface area contributed by atoms with Gasteiger partial charge in [0.15, 0.2) is 0 Å². The highest BCUT2D eigenvalue weighted by molar-refractivity contribution is 5.13. The second-order valence-corrected chi connectivity index (χ2v) is 11.9. The van der Waals surface area contributed by atoms with E-state index < -0.39 is 0 Å². The molecule has 1 aromatic rings. The van der Waals surface area contributed by atoms with Crippen LogP contribution in [0, 0.1) is 5.41 Å². The minimum absolute atomic E-state index is 0.168. The molecule has 0 saturated carbocycles. The van der Waals surface area contributed by atoms with Crippen molar-refractivity contribution in [2.24, 2.45) is 5.41 Å². The molecular weight excluding hydrogens is 428 g/mol. The molecule has 35 heavy (non-hydrogen) atoms. The van der Waals surface area contributed by atoms with Crippen LogP contribution in [0.5, 0.6) is 0 Å². The van der Waals surface area contributed by atoms with Crippen LogP contribution in [-0.4, -0.2) is 19.3 Å². The van der Waals surface area contributed by atoms with Gasteiger partial charge in [-0.25, -0.2) is 0 Å². The average molecular weight is 489 g/mol. The van der Waals surface area contributed by atoms with Gasteiger partial charge in [0.25, 0.3) is 0 Å². The molecule has 0 bridgehead atoms. The second kappa shape index (κ2) is 22.3. The van der Waals surface area contributed by atoms with E-state index in [1.807, 2.05) is 0 Å². The third-order valence-corrected chi connectivity index (χ3v) is 6.86. The Kier molecular flexibility index (Phi) is 20.5. The Balaban J connectivity index is 1.91. The summed E-state index contributed by atoms with van der Waals surface area (Å²) in [6.45, 7) is 11.4. The van der Waals surface area contributed by atoms with Crippen molar-refractivity contribution in [2.45, 2.75) is 156 Å². The van der Waals surface area contributed by atoms with Crippen LogP contribution in [-0.2, 0) is 16.1 Å². The molecule has 0 fully saturated rings. The summed E-state index contributed by atoms with van der Waals surface area (Å²) in [5.41, 5.74) is 1.48. The van der Waals surface area contributed by atoms with Crippen molar-refractivity contribution < 1.29 is 9.47 Å². The van der Waals surface area contributed by atoms with E-state index in [0.29, 0.717) is 13.2 Å². The number of ether oxygens (including phenoxy) is 2. The molecule has 1 aromatic carbocycles. The molecule has 0 radical (unpaired) electrons. The minimum atomic E-state index is 0.168. The lowest BCUT2D eigenvalue weighted by Gasteiger charge is -2.26. The fourth-order valence-electron chi connectivity index (χ4n) is 4.78. The van der Waals surface area contributed by atoms with Crippen LogP contribution in [0.4, 0.5) is 0 Å². The molecule has 0 aliphatic rings. The van der Waals surface area contributed by atoms with Crippen LogP contribution < -0.4 is 0 Å². The monoisotopic (exact) mass is 488 g/mol. The molecule has 1 rings (SSSR count). The fraction of sp³-hybridized carbons (Fsp3) is 0.818. The zero-order chi connectivity index (χ0) is 25.5. The first kappa shape index (κ1) is 32.2. The smallest absolute Gasteiger partial charge is 0.0818 e. The Hall–Kier alpha value is -0.860. The molecule has 204 valence electrons. The van der Waals surface area contributed by atoms with Crippen molar-refractivity contribution in [3.8, 4) is 0 Å². The first-order valence-electron chi connectivity index (χ1n) is 15.2. The summed E-state index contributed by atoms with van der Waals surface area (Å²) in [5.74, 6) is 0. The third-order valence-electron chi connectivity index (χ3n) is 6.86. The summed E-state index contributed by atoms with van der Waals surface area (Å²) in [6.07, 6.45) is 25.2. The summed E-state index contributed by atoms with van der Waals surface area (Å²) >= 11 is 0. The highest BCUT2D eigenvalue weighted by atomic mass is 16.5. The Morgan fingerprint density at radius 2 is 1.09 bits per heavy atom. The molecule has 1 atom stereocenters. The van der Waals surface area contributed by atoms with Gasteiger partial charge in [-0.2, -0.15) is 0 Å².